The smallest absolute Gasteiger partial charge is 0.252 e. The first kappa shape index (κ1) is 18.4. The highest BCUT2D eigenvalue weighted by atomic mass is 19.2. The molecule has 2 N–H and O–H groups in total. The van der Waals surface area contributed by atoms with Gasteiger partial charge in [0, 0.05) is 12.7 Å². The number of carbonyl (C=O) groups excluding carboxylic acids is 1. The van der Waals surface area contributed by atoms with Crippen molar-refractivity contribution >= 4 is 17.3 Å². The van der Waals surface area contributed by atoms with E-state index in [-0.39, 0.29) is 22.8 Å². The van der Waals surface area contributed by atoms with E-state index in [4.69, 9.17) is 0 Å². The van der Waals surface area contributed by atoms with Crippen molar-refractivity contribution in [1.82, 2.24) is 10.3 Å². The molecule has 0 saturated carbocycles. The topological polar surface area (TPSA) is 54.0 Å². The second-order valence-electron chi connectivity index (χ2n) is 5.80. The number of rotatable bonds is 6. The van der Waals surface area contributed by atoms with Gasteiger partial charge in [0.25, 0.3) is 5.91 Å². The van der Waals surface area contributed by atoms with Gasteiger partial charge in [0.2, 0.25) is 0 Å². The number of pyridine rings is 1. The summed E-state index contributed by atoms with van der Waals surface area (Å²) in [6.45, 7) is 0.443. The van der Waals surface area contributed by atoms with Crippen LogP contribution in [0.4, 0.5) is 24.5 Å². The van der Waals surface area contributed by atoms with Crippen molar-refractivity contribution in [3.63, 3.8) is 0 Å². The average Bonchev–Trinajstić information content (AvgIpc) is 2.69. The molecule has 0 atom stereocenters. The largest absolute Gasteiger partial charge is 0.352 e. The number of aromatic nitrogens is 1. The molecule has 2 aromatic carbocycles. The fourth-order valence-corrected chi connectivity index (χ4v) is 2.48. The van der Waals surface area contributed by atoms with Gasteiger partial charge in [-0.1, -0.05) is 30.3 Å². The van der Waals surface area contributed by atoms with Gasteiger partial charge in [-0.3, -0.25) is 9.78 Å². The van der Waals surface area contributed by atoms with E-state index in [1.807, 2.05) is 30.3 Å². The molecule has 0 bridgehead atoms. The lowest BCUT2D eigenvalue weighted by molar-refractivity contribution is 0.0954. The third-order valence-electron chi connectivity index (χ3n) is 3.86. The minimum absolute atomic E-state index is 0.252. The van der Waals surface area contributed by atoms with E-state index in [1.54, 1.807) is 0 Å². The first-order valence-electron chi connectivity index (χ1n) is 8.22. The molecule has 0 spiro atoms. The predicted molar refractivity (Wildman–Crippen MR) is 96.3 cm³/mol. The van der Waals surface area contributed by atoms with Crippen LogP contribution >= 0.6 is 0 Å². The molecule has 1 amide bonds. The monoisotopic (exact) mass is 371 g/mol. The molecule has 0 saturated heterocycles. The Bertz CT molecular complexity index is 948. The highest BCUT2D eigenvalue weighted by molar-refractivity contribution is 5.94. The number of nitrogens with one attached hydrogen (secondary N) is 2. The van der Waals surface area contributed by atoms with Crippen LogP contribution in [0.15, 0.2) is 60.9 Å². The third kappa shape index (κ3) is 4.63. The Labute approximate surface area is 154 Å². The summed E-state index contributed by atoms with van der Waals surface area (Å²) in [5.74, 6) is -4.52. The number of carbonyl (C=O) groups is 1. The molecule has 3 aromatic rings. The van der Waals surface area contributed by atoms with Gasteiger partial charge in [-0.05, 0) is 30.2 Å². The van der Waals surface area contributed by atoms with Crippen LogP contribution in [0.1, 0.15) is 15.9 Å². The van der Waals surface area contributed by atoms with Crippen LogP contribution in [0, 0.1) is 17.5 Å². The lowest BCUT2D eigenvalue weighted by Crippen LogP contribution is -2.25. The van der Waals surface area contributed by atoms with Crippen LogP contribution in [0.2, 0.25) is 0 Å². The molecule has 0 aliphatic rings. The zero-order chi connectivity index (χ0) is 19.2. The van der Waals surface area contributed by atoms with Gasteiger partial charge in [0.15, 0.2) is 17.5 Å². The highest BCUT2D eigenvalue weighted by Gasteiger charge is 2.14. The summed E-state index contributed by atoms with van der Waals surface area (Å²) < 4.78 is 40.1. The van der Waals surface area contributed by atoms with Crippen molar-refractivity contribution in [2.75, 3.05) is 11.9 Å². The van der Waals surface area contributed by atoms with E-state index in [1.165, 1.54) is 18.5 Å². The van der Waals surface area contributed by atoms with Crippen LogP contribution in [0.25, 0.3) is 0 Å². The van der Waals surface area contributed by atoms with Crippen molar-refractivity contribution in [1.29, 1.82) is 0 Å². The SMILES string of the molecule is O=C(NCCc1ccccc1)c1cncc(Nc2ccc(F)c(F)c2F)c1. The highest BCUT2D eigenvalue weighted by Crippen LogP contribution is 2.23. The molecule has 4 nitrogen and oxygen atoms in total. The quantitative estimate of drug-likeness (QED) is 0.638. The lowest BCUT2D eigenvalue weighted by Gasteiger charge is -2.10. The van der Waals surface area contributed by atoms with Crippen molar-refractivity contribution in [2.45, 2.75) is 6.42 Å². The molecule has 0 radical (unpaired) electrons. The van der Waals surface area contributed by atoms with Crippen molar-refractivity contribution < 1.29 is 18.0 Å². The molecular formula is C20H16F3N3O. The molecule has 138 valence electrons. The number of nitrogens with zero attached hydrogens (tertiary/aromatic N) is 1. The Morgan fingerprint density at radius 1 is 0.963 bits per heavy atom. The van der Waals surface area contributed by atoms with Crippen LogP contribution in [-0.2, 0) is 6.42 Å². The van der Waals surface area contributed by atoms with Gasteiger partial charge < -0.3 is 10.6 Å². The molecule has 27 heavy (non-hydrogen) atoms. The Morgan fingerprint density at radius 2 is 1.74 bits per heavy atom. The number of benzene rings is 2. The van der Waals surface area contributed by atoms with Gasteiger partial charge in [0.1, 0.15) is 0 Å². The van der Waals surface area contributed by atoms with E-state index in [9.17, 15) is 18.0 Å². The standard InChI is InChI=1S/C20H16F3N3O/c21-16-6-7-17(19(23)18(16)22)26-15-10-14(11-24-12-15)20(27)25-9-8-13-4-2-1-3-5-13/h1-7,10-12,26H,8-9H2,(H,25,27). The van der Waals surface area contributed by atoms with Crippen LogP contribution in [0.3, 0.4) is 0 Å². The maximum absolute atomic E-state index is 13.8. The minimum Gasteiger partial charge on any atom is -0.352 e. The average molecular weight is 371 g/mol. The number of anilines is 2. The molecule has 3 rings (SSSR count). The molecular weight excluding hydrogens is 355 g/mol. The summed E-state index contributed by atoms with van der Waals surface area (Å²) in [6.07, 6.45) is 3.39. The summed E-state index contributed by atoms with van der Waals surface area (Å²) in [7, 11) is 0. The first-order chi connectivity index (χ1) is 13.0. The predicted octanol–water partition coefficient (Wildman–Crippen LogP) is 4.22. The summed E-state index contributed by atoms with van der Waals surface area (Å²) >= 11 is 0. The van der Waals surface area contributed by atoms with Crippen LogP contribution < -0.4 is 10.6 Å². The Balaban J connectivity index is 1.64. The van der Waals surface area contributed by atoms with Crippen molar-refractivity contribution in [2.24, 2.45) is 0 Å². The maximum atomic E-state index is 13.8. The fourth-order valence-electron chi connectivity index (χ4n) is 2.48. The molecule has 7 heteroatoms. The van der Waals surface area contributed by atoms with Gasteiger partial charge in [-0.2, -0.15) is 0 Å². The van der Waals surface area contributed by atoms with Crippen LogP contribution in [-0.4, -0.2) is 17.4 Å². The third-order valence-corrected chi connectivity index (χ3v) is 3.86. The molecule has 0 aliphatic carbocycles. The molecule has 1 aromatic heterocycles. The Kier molecular flexibility index (Phi) is 5.71. The van der Waals surface area contributed by atoms with Gasteiger partial charge >= 0.3 is 0 Å². The second-order valence-corrected chi connectivity index (χ2v) is 5.80. The summed E-state index contributed by atoms with van der Waals surface area (Å²) in [5, 5.41) is 5.37. The van der Waals surface area contributed by atoms with E-state index in [0.29, 0.717) is 13.0 Å². The Hall–Kier alpha value is -3.35. The van der Waals surface area contributed by atoms with Crippen LogP contribution in [0.5, 0.6) is 0 Å². The zero-order valence-corrected chi connectivity index (χ0v) is 14.2. The van der Waals surface area contributed by atoms with E-state index in [0.717, 1.165) is 17.7 Å². The molecule has 0 unspecified atom stereocenters. The lowest BCUT2D eigenvalue weighted by atomic mass is 10.1. The number of amides is 1. The van der Waals surface area contributed by atoms with E-state index < -0.39 is 17.5 Å². The number of hydrogen-bond donors (Lipinski definition) is 2. The van der Waals surface area contributed by atoms with Crippen molar-refractivity contribution in [3.05, 3.63) is 89.5 Å². The zero-order valence-electron chi connectivity index (χ0n) is 14.2. The minimum atomic E-state index is -1.57. The number of halogens is 3. The molecule has 0 aliphatic heterocycles. The molecule has 1 heterocycles. The first-order valence-corrected chi connectivity index (χ1v) is 8.22. The van der Waals surface area contributed by atoms with E-state index >= 15 is 0 Å². The van der Waals surface area contributed by atoms with Gasteiger partial charge in [0.05, 0.1) is 23.1 Å². The van der Waals surface area contributed by atoms with Gasteiger partial charge in [-0.25, -0.2) is 13.2 Å². The van der Waals surface area contributed by atoms with Gasteiger partial charge in [-0.15, -0.1) is 0 Å². The summed E-state index contributed by atoms with van der Waals surface area (Å²) in [4.78, 5) is 16.2. The second kappa shape index (κ2) is 8.35. The summed E-state index contributed by atoms with van der Waals surface area (Å²) in [5.41, 5.74) is 1.38. The maximum Gasteiger partial charge on any atom is 0.252 e. The Morgan fingerprint density at radius 3 is 2.52 bits per heavy atom. The van der Waals surface area contributed by atoms with Crippen molar-refractivity contribution in [3.8, 4) is 0 Å². The molecule has 0 fully saturated rings. The van der Waals surface area contributed by atoms with E-state index in [2.05, 4.69) is 15.6 Å². The number of hydrogen-bond acceptors (Lipinski definition) is 3. The normalized spacial score (nSPS) is 10.5. The summed E-state index contributed by atoms with van der Waals surface area (Å²) in [6, 6.07) is 13.0. The fraction of sp³-hybridized carbons (Fsp3) is 0.100.